The van der Waals surface area contributed by atoms with Gasteiger partial charge in [-0.25, -0.2) is 23.5 Å². The number of halogens is 5. The SMILES string of the molecule is Fc1ccc2[nH]c(CNc3nc(N4CCOCC4)nc4c3ncn4Cc3ccc4ccccc4c3)nc2c1F.O=C(O)C(F)(F)F. The van der Waals surface area contributed by atoms with Crippen LogP contribution in [0.4, 0.5) is 33.7 Å². The number of alkyl halides is 3. The third-order valence-electron chi connectivity index (χ3n) is 7.17. The number of imidazole rings is 2. The van der Waals surface area contributed by atoms with Gasteiger partial charge in [-0.2, -0.15) is 23.1 Å². The summed E-state index contributed by atoms with van der Waals surface area (Å²) < 4.78 is 67.1. The molecule has 0 aliphatic carbocycles. The highest BCUT2D eigenvalue weighted by atomic mass is 19.4. The minimum atomic E-state index is -5.08. The van der Waals surface area contributed by atoms with E-state index in [1.54, 1.807) is 6.33 Å². The molecule has 46 heavy (non-hydrogen) atoms. The van der Waals surface area contributed by atoms with Gasteiger partial charge in [-0.3, -0.25) is 0 Å². The minimum absolute atomic E-state index is 0.0340. The first-order valence-electron chi connectivity index (χ1n) is 14.0. The van der Waals surface area contributed by atoms with Crippen LogP contribution >= 0.6 is 0 Å². The molecule has 3 aromatic carbocycles. The Bertz CT molecular complexity index is 2040. The molecule has 3 aromatic heterocycles. The molecular formula is C30H25F5N8O3. The number of carboxylic acid groups (broad SMARTS) is 1. The largest absolute Gasteiger partial charge is 0.490 e. The molecule has 0 bridgehead atoms. The van der Waals surface area contributed by atoms with Gasteiger partial charge in [-0.1, -0.05) is 36.4 Å². The van der Waals surface area contributed by atoms with Gasteiger partial charge < -0.3 is 29.6 Å². The lowest BCUT2D eigenvalue weighted by Crippen LogP contribution is -2.37. The van der Waals surface area contributed by atoms with Crippen molar-refractivity contribution >= 4 is 50.7 Å². The van der Waals surface area contributed by atoms with Crippen LogP contribution in [-0.2, 0) is 22.6 Å². The number of H-pyrrole nitrogens is 1. The normalized spacial score (nSPS) is 13.6. The Labute approximate surface area is 256 Å². The van der Waals surface area contributed by atoms with Gasteiger partial charge in [0, 0.05) is 13.1 Å². The maximum Gasteiger partial charge on any atom is 0.490 e. The van der Waals surface area contributed by atoms with E-state index in [0.29, 0.717) is 67.1 Å². The van der Waals surface area contributed by atoms with Crippen molar-refractivity contribution in [1.29, 1.82) is 0 Å². The molecule has 238 valence electrons. The van der Waals surface area contributed by atoms with Gasteiger partial charge in [-0.05, 0) is 34.5 Å². The number of hydrogen-bond donors (Lipinski definition) is 3. The molecule has 0 saturated carbocycles. The Morgan fingerprint density at radius 1 is 0.978 bits per heavy atom. The molecule has 1 aliphatic heterocycles. The molecule has 3 N–H and O–H groups in total. The third-order valence-corrected chi connectivity index (χ3v) is 7.17. The summed E-state index contributed by atoms with van der Waals surface area (Å²) in [5.41, 5.74) is 2.83. The lowest BCUT2D eigenvalue weighted by Gasteiger charge is -2.27. The Kier molecular flexibility index (Phi) is 8.36. The van der Waals surface area contributed by atoms with Gasteiger partial charge in [0.25, 0.3) is 0 Å². The van der Waals surface area contributed by atoms with E-state index in [1.165, 1.54) is 16.8 Å². The fourth-order valence-electron chi connectivity index (χ4n) is 4.93. The highest BCUT2D eigenvalue weighted by molar-refractivity contribution is 5.85. The summed E-state index contributed by atoms with van der Waals surface area (Å²) in [6.07, 6.45) is -3.32. The summed E-state index contributed by atoms with van der Waals surface area (Å²) in [5, 5.41) is 12.8. The first-order valence-corrected chi connectivity index (χ1v) is 14.0. The Morgan fingerprint density at radius 3 is 2.46 bits per heavy atom. The molecule has 7 rings (SSSR count). The van der Waals surface area contributed by atoms with E-state index in [2.05, 4.69) is 55.5 Å². The maximum absolute atomic E-state index is 14.2. The lowest BCUT2D eigenvalue weighted by atomic mass is 10.1. The number of nitrogens with one attached hydrogen (secondary N) is 2. The van der Waals surface area contributed by atoms with Crippen LogP contribution in [0.3, 0.4) is 0 Å². The van der Waals surface area contributed by atoms with Crippen LogP contribution < -0.4 is 10.2 Å². The monoisotopic (exact) mass is 640 g/mol. The molecular weight excluding hydrogens is 615 g/mol. The van der Waals surface area contributed by atoms with Crippen LogP contribution in [0.2, 0.25) is 0 Å². The second-order valence-corrected chi connectivity index (χ2v) is 10.3. The van der Waals surface area contributed by atoms with Gasteiger partial charge in [0.1, 0.15) is 11.3 Å². The minimum Gasteiger partial charge on any atom is -0.475 e. The van der Waals surface area contributed by atoms with E-state index in [9.17, 15) is 22.0 Å². The number of carboxylic acids is 1. The van der Waals surface area contributed by atoms with E-state index >= 15 is 0 Å². The first kappa shape index (κ1) is 30.6. The van der Waals surface area contributed by atoms with Crippen molar-refractivity contribution < 1.29 is 36.6 Å². The van der Waals surface area contributed by atoms with E-state index in [-0.39, 0.29) is 12.1 Å². The first-order chi connectivity index (χ1) is 22.1. The van der Waals surface area contributed by atoms with Crippen molar-refractivity contribution in [2.45, 2.75) is 19.3 Å². The van der Waals surface area contributed by atoms with Crippen molar-refractivity contribution in [3.63, 3.8) is 0 Å². The lowest BCUT2D eigenvalue weighted by molar-refractivity contribution is -0.192. The van der Waals surface area contributed by atoms with Gasteiger partial charge in [-0.15, -0.1) is 0 Å². The van der Waals surface area contributed by atoms with E-state index < -0.39 is 23.8 Å². The van der Waals surface area contributed by atoms with Crippen LogP contribution in [0.15, 0.2) is 60.9 Å². The molecule has 16 heteroatoms. The number of hydrogen-bond acceptors (Lipinski definition) is 8. The number of aliphatic carboxylic acids is 1. The molecule has 0 atom stereocenters. The molecule has 11 nitrogen and oxygen atoms in total. The number of carbonyl (C=O) groups is 1. The maximum atomic E-state index is 14.2. The molecule has 1 aliphatic rings. The van der Waals surface area contributed by atoms with Crippen LogP contribution in [0.1, 0.15) is 11.4 Å². The number of fused-ring (bicyclic) bond motifs is 3. The van der Waals surface area contributed by atoms with E-state index in [1.807, 2.05) is 16.7 Å². The van der Waals surface area contributed by atoms with Crippen LogP contribution in [-0.4, -0.2) is 73.0 Å². The molecule has 0 unspecified atom stereocenters. The zero-order valence-corrected chi connectivity index (χ0v) is 23.9. The average Bonchev–Trinajstić information content (AvgIpc) is 3.66. The van der Waals surface area contributed by atoms with Crippen molar-refractivity contribution in [2.75, 3.05) is 36.5 Å². The number of nitrogens with zero attached hydrogens (tertiary/aromatic N) is 6. The smallest absolute Gasteiger partial charge is 0.475 e. The second kappa shape index (κ2) is 12.5. The Balaban J connectivity index is 0.000000480. The number of aromatic nitrogens is 6. The molecule has 0 radical (unpaired) electrons. The number of benzene rings is 3. The predicted octanol–water partition coefficient (Wildman–Crippen LogP) is 5.26. The number of morpholine rings is 1. The van der Waals surface area contributed by atoms with Crippen molar-refractivity contribution in [2.24, 2.45) is 0 Å². The molecule has 1 fully saturated rings. The number of anilines is 2. The van der Waals surface area contributed by atoms with Gasteiger partial charge in [0.15, 0.2) is 28.6 Å². The molecule has 6 aromatic rings. The standard InChI is InChI=1S/C28H24F2N8O.C2HF3O2/c29-20-7-8-21-24(23(20)30)34-22(33-21)14-31-26-25-27(36-28(35-26)37-9-11-39-12-10-37)38(16-32-25)15-17-5-6-18-3-1-2-4-19(18)13-17;3-2(4,5)1(6)7/h1-8,13,16H,9-12,14-15H2,(H,33,34)(H,31,35,36);(H,6,7). The summed E-state index contributed by atoms with van der Waals surface area (Å²) in [6, 6.07) is 17.2. The summed E-state index contributed by atoms with van der Waals surface area (Å²) in [6.45, 7) is 3.36. The zero-order chi connectivity index (χ0) is 32.4. The predicted molar refractivity (Wildman–Crippen MR) is 158 cm³/mol. The fraction of sp³-hybridized carbons (Fsp3) is 0.233. The Hall–Kier alpha value is -5.38. The van der Waals surface area contributed by atoms with E-state index in [0.717, 1.165) is 11.6 Å². The van der Waals surface area contributed by atoms with Gasteiger partial charge in [0.05, 0.1) is 38.1 Å². The molecule has 1 saturated heterocycles. The highest BCUT2D eigenvalue weighted by Crippen LogP contribution is 2.26. The average molecular weight is 641 g/mol. The quantitative estimate of drug-likeness (QED) is 0.208. The molecule has 0 amide bonds. The zero-order valence-electron chi connectivity index (χ0n) is 23.9. The summed E-state index contributed by atoms with van der Waals surface area (Å²) in [7, 11) is 0. The number of rotatable bonds is 6. The van der Waals surface area contributed by atoms with Crippen molar-refractivity contribution in [1.82, 2.24) is 29.5 Å². The second-order valence-electron chi connectivity index (χ2n) is 10.3. The summed E-state index contributed by atoms with van der Waals surface area (Å²) in [4.78, 5) is 32.6. The van der Waals surface area contributed by atoms with Gasteiger partial charge in [0.2, 0.25) is 5.95 Å². The fourth-order valence-corrected chi connectivity index (χ4v) is 4.93. The van der Waals surface area contributed by atoms with Crippen molar-refractivity contribution in [3.05, 3.63) is 83.9 Å². The Morgan fingerprint density at radius 2 is 1.72 bits per heavy atom. The highest BCUT2D eigenvalue weighted by Gasteiger charge is 2.38. The third kappa shape index (κ3) is 6.51. The summed E-state index contributed by atoms with van der Waals surface area (Å²) in [5.74, 6) is -3.10. The topological polar surface area (TPSA) is 134 Å². The summed E-state index contributed by atoms with van der Waals surface area (Å²) >= 11 is 0. The van der Waals surface area contributed by atoms with Gasteiger partial charge >= 0.3 is 12.1 Å². The number of ether oxygens (including phenoxy) is 1. The van der Waals surface area contributed by atoms with Crippen LogP contribution in [0, 0.1) is 11.6 Å². The van der Waals surface area contributed by atoms with Crippen molar-refractivity contribution in [3.8, 4) is 0 Å². The number of aromatic amines is 1. The molecule has 4 heterocycles. The van der Waals surface area contributed by atoms with Crippen LogP contribution in [0.25, 0.3) is 33.0 Å². The van der Waals surface area contributed by atoms with E-state index in [4.69, 9.17) is 24.6 Å². The van der Waals surface area contributed by atoms with Crippen LogP contribution in [0.5, 0.6) is 0 Å². The molecule has 0 spiro atoms.